The molecule has 1 atom stereocenters. The van der Waals surface area contributed by atoms with Crippen molar-refractivity contribution in [2.24, 2.45) is 7.05 Å². The SMILES string of the molecule is CCN1CCCC(n2c(N)nc3c(C)nn(C)c32)C1. The van der Waals surface area contributed by atoms with E-state index in [9.17, 15) is 0 Å². The van der Waals surface area contributed by atoms with Crippen molar-refractivity contribution in [3.63, 3.8) is 0 Å². The molecule has 0 aromatic carbocycles. The highest BCUT2D eigenvalue weighted by atomic mass is 15.4. The Morgan fingerprint density at radius 3 is 2.95 bits per heavy atom. The van der Waals surface area contributed by atoms with E-state index in [2.05, 4.69) is 26.5 Å². The molecule has 2 N–H and O–H groups in total. The van der Waals surface area contributed by atoms with Gasteiger partial charge < -0.3 is 10.6 Å². The van der Waals surface area contributed by atoms with Crippen LogP contribution in [0.1, 0.15) is 31.5 Å². The first-order chi connectivity index (χ1) is 9.11. The molecule has 0 amide bonds. The number of piperidine rings is 1. The Kier molecular flexibility index (Phi) is 2.97. The molecule has 104 valence electrons. The van der Waals surface area contributed by atoms with Crippen molar-refractivity contribution in [2.75, 3.05) is 25.4 Å². The Labute approximate surface area is 113 Å². The second-order valence-corrected chi connectivity index (χ2v) is 5.41. The summed E-state index contributed by atoms with van der Waals surface area (Å²) in [4.78, 5) is 6.97. The molecule has 0 saturated carbocycles. The van der Waals surface area contributed by atoms with Crippen LogP contribution in [-0.4, -0.2) is 43.9 Å². The van der Waals surface area contributed by atoms with Gasteiger partial charge in [-0.25, -0.2) is 4.98 Å². The van der Waals surface area contributed by atoms with Gasteiger partial charge in [0.15, 0.2) is 5.65 Å². The first kappa shape index (κ1) is 12.5. The van der Waals surface area contributed by atoms with E-state index in [1.165, 1.54) is 13.0 Å². The van der Waals surface area contributed by atoms with Crippen LogP contribution >= 0.6 is 0 Å². The Hall–Kier alpha value is -1.56. The normalized spacial score (nSPS) is 21.3. The van der Waals surface area contributed by atoms with E-state index in [1.54, 1.807) is 0 Å². The number of aromatic nitrogens is 4. The fourth-order valence-corrected chi connectivity index (χ4v) is 3.20. The second kappa shape index (κ2) is 4.52. The number of likely N-dealkylation sites (tertiary alicyclic amines) is 1. The van der Waals surface area contributed by atoms with Gasteiger partial charge in [0.2, 0.25) is 5.95 Å². The van der Waals surface area contributed by atoms with E-state index < -0.39 is 0 Å². The van der Waals surface area contributed by atoms with Crippen molar-refractivity contribution in [3.05, 3.63) is 5.69 Å². The minimum atomic E-state index is 0.411. The smallest absolute Gasteiger partial charge is 0.202 e. The van der Waals surface area contributed by atoms with E-state index in [0.717, 1.165) is 36.4 Å². The van der Waals surface area contributed by atoms with Gasteiger partial charge in [0.25, 0.3) is 0 Å². The molecule has 6 nitrogen and oxygen atoms in total. The Morgan fingerprint density at radius 2 is 2.21 bits per heavy atom. The summed E-state index contributed by atoms with van der Waals surface area (Å²) in [5, 5.41) is 4.45. The van der Waals surface area contributed by atoms with Crippen molar-refractivity contribution in [2.45, 2.75) is 32.7 Å². The third-order valence-corrected chi connectivity index (χ3v) is 4.16. The maximum Gasteiger partial charge on any atom is 0.202 e. The van der Waals surface area contributed by atoms with E-state index in [4.69, 9.17) is 5.73 Å². The summed E-state index contributed by atoms with van der Waals surface area (Å²) in [5.74, 6) is 0.619. The maximum absolute atomic E-state index is 6.15. The lowest BCUT2D eigenvalue weighted by Crippen LogP contribution is -2.36. The largest absolute Gasteiger partial charge is 0.369 e. The monoisotopic (exact) mass is 262 g/mol. The molecule has 19 heavy (non-hydrogen) atoms. The predicted molar refractivity (Wildman–Crippen MR) is 76.0 cm³/mol. The zero-order valence-electron chi connectivity index (χ0n) is 11.9. The standard InChI is InChI=1S/C13H22N6/c1-4-18-7-5-6-10(8-18)19-12-11(15-13(19)14)9(2)16-17(12)3/h10H,4-8H2,1-3H3,(H2,14,15). The molecule has 0 bridgehead atoms. The number of hydrogen-bond acceptors (Lipinski definition) is 4. The molecule has 0 spiro atoms. The topological polar surface area (TPSA) is 64.9 Å². The molecule has 1 saturated heterocycles. The van der Waals surface area contributed by atoms with Crippen LogP contribution in [0.5, 0.6) is 0 Å². The van der Waals surface area contributed by atoms with Crippen LogP contribution in [0.2, 0.25) is 0 Å². The molecule has 2 aromatic rings. The number of rotatable bonds is 2. The number of fused-ring (bicyclic) bond motifs is 1. The first-order valence-corrected chi connectivity index (χ1v) is 7.01. The molecule has 1 fully saturated rings. The van der Waals surface area contributed by atoms with Crippen molar-refractivity contribution < 1.29 is 0 Å². The Balaban J connectivity index is 2.06. The summed E-state index contributed by atoms with van der Waals surface area (Å²) in [6.45, 7) is 7.53. The molecule has 1 aliphatic heterocycles. The van der Waals surface area contributed by atoms with Crippen LogP contribution < -0.4 is 5.73 Å². The Morgan fingerprint density at radius 1 is 1.42 bits per heavy atom. The summed E-state index contributed by atoms with van der Waals surface area (Å²) in [7, 11) is 1.97. The molecule has 3 rings (SSSR count). The Bertz CT molecular complexity index is 596. The predicted octanol–water partition coefficient (Wildman–Crippen LogP) is 1.32. The minimum Gasteiger partial charge on any atom is -0.369 e. The van der Waals surface area contributed by atoms with Gasteiger partial charge in [0.05, 0.1) is 11.7 Å². The van der Waals surface area contributed by atoms with Gasteiger partial charge in [0, 0.05) is 13.6 Å². The summed E-state index contributed by atoms with van der Waals surface area (Å²) < 4.78 is 4.08. The quantitative estimate of drug-likeness (QED) is 0.886. The van der Waals surface area contributed by atoms with Gasteiger partial charge >= 0.3 is 0 Å². The maximum atomic E-state index is 6.15. The zero-order chi connectivity index (χ0) is 13.6. The molecule has 0 radical (unpaired) electrons. The number of imidazole rings is 1. The number of aryl methyl sites for hydroxylation is 2. The van der Waals surface area contributed by atoms with Gasteiger partial charge in [-0.05, 0) is 32.9 Å². The molecule has 2 aromatic heterocycles. The van der Waals surface area contributed by atoms with Crippen molar-refractivity contribution in [1.82, 2.24) is 24.2 Å². The van der Waals surface area contributed by atoms with Crippen LogP contribution in [0.25, 0.3) is 11.2 Å². The second-order valence-electron chi connectivity index (χ2n) is 5.41. The number of nitrogen functional groups attached to an aromatic ring is 1. The fraction of sp³-hybridized carbons (Fsp3) is 0.692. The highest BCUT2D eigenvalue weighted by Crippen LogP contribution is 2.29. The summed E-state index contributed by atoms with van der Waals surface area (Å²) in [5.41, 5.74) is 9.09. The van der Waals surface area contributed by atoms with Gasteiger partial charge in [0.1, 0.15) is 5.52 Å². The molecule has 6 heteroatoms. The van der Waals surface area contributed by atoms with E-state index in [0.29, 0.717) is 12.0 Å². The number of nitrogens with two attached hydrogens (primary N) is 1. The lowest BCUT2D eigenvalue weighted by molar-refractivity contribution is 0.188. The molecule has 3 heterocycles. The van der Waals surface area contributed by atoms with Crippen LogP contribution in [0.15, 0.2) is 0 Å². The number of nitrogens with zero attached hydrogens (tertiary/aromatic N) is 5. The van der Waals surface area contributed by atoms with Crippen LogP contribution in [0.4, 0.5) is 5.95 Å². The van der Waals surface area contributed by atoms with E-state index >= 15 is 0 Å². The summed E-state index contributed by atoms with van der Waals surface area (Å²) >= 11 is 0. The van der Waals surface area contributed by atoms with Gasteiger partial charge in [-0.15, -0.1) is 0 Å². The molecule has 0 aliphatic carbocycles. The molecular weight excluding hydrogens is 240 g/mol. The third-order valence-electron chi connectivity index (χ3n) is 4.16. The lowest BCUT2D eigenvalue weighted by atomic mass is 10.1. The zero-order valence-corrected chi connectivity index (χ0v) is 11.9. The van der Waals surface area contributed by atoms with Crippen LogP contribution in [0, 0.1) is 6.92 Å². The number of hydrogen-bond donors (Lipinski definition) is 1. The molecule has 1 aliphatic rings. The van der Waals surface area contributed by atoms with Crippen molar-refractivity contribution in [3.8, 4) is 0 Å². The average molecular weight is 262 g/mol. The average Bonchev–Trinajstić information content (AvgIpc) is 2.88. The number of anilines is 1. The minimum absolute atomic E-state index is 0.411. The van der Waals surface area contributed by atoms with Crippen LogP contribution in [0.3, 0.4) is 0 Å². The summed E-state index contributed by atoms with van der Waals surface area (Å²) in [6.07, 6.45) is 2.38. The lowest BCUT2D eigenvalue weighted by Gasteiger charge is -2.33. The highest BCUT2D eigenvalue weighted by molar-refractivity contribution is 5.77. The van der Waals surface area contributed by atoms with Crippen LogP contribution in [-0.2, 0) is 7.05 Å². The molecular formula is C13H22N6. The van der Waals surface area contributed by atoms with Crippen molar-refractivity contribution >= 4 is 17.1 Å². The fourth-order valence-electron chi connectivity index (χ4n) is 3.20. The van der Waals surface area contributed by atoms with Gasteiger partial charge in [-0.3, -0.25) is 9.25 Å². The van der Waals surface area contributed by atoms with Gasteiger partial charge in [-0.2, -0.15) is 5.10 Å². The van der Waals surface area contributed by atoms with Crippen molar-refractivity contribution in [1.29, 1.82) is 0 Å². The molecule has 1 unspecified atom stereocenters. The highest BCUT2D eigenvalue weighted by Gasteiger charge is 2.26. The summed E-state index contributed by atoms with van der Waals surface area (Å²) in [6, 6.07) is 0.411. The third kappa shape index (κ3) is 1.90. The number of likely N-dealkylation sites (N-methyl/N-ethyl adjacent to an activating group) is 1. The van der Waals surface area contributed by atoms with Gasteiger partial charge in [-0.1, -0.05) is 6.92 Å². The van der Waals surface area contributed by atoms with E-state index in [-0.39, 0.29) is 0 Å². The first-order valence-electron chi connectivity index (χ1n) is 7.01. The van der Waals surface area contributed by atoms with E-state index in [1.807, 2.05) is 18.7 Å².